The van der Waals surface area contributed by atoms with Crippen LogP contribution in [0.2, 0.25) is 0 Å². The van der Waals surface area contributed by atoms with Gasteiger partial charge < -0.3 is 10.8 Å². The van der Waals surface area contributed by atoms with Crippen LogP contribution in [0.1, 0.15) is 5.56 Å². The summed E-state index contributed by atoms with van der Waals surface area (Å²) in [4.78, 5) is 0. The minimum absolute atomic E-state index is 0.158. The Balaban J connectivity index is 3.17. The second kappa shape index (κ2) is 1.97. The number of phenolic OH excluding ortho intramolecular Hbond substituents is 1. The molecule has 47 valence electrons. The second-order valence-electron chi connectivity index (χ2n) is 2.00. The fourth-order valence-corrected chi connectivity index (χ4v) is 0.610. The maximum absolute atomic E-state index is 8.82. The monoisotopic (exact) mass is 122 g/mol. The van der Waals surface area contributed by atoms with Gasteiger partial charge in [-0.05, 0) is 18.6 Å². The van der Waals surface area contributed by atoms with E-state index in [2.05, 4.69) is 0 Å². The Labute approximate surface area is 53.9 Å². The van der Waals surface area contributed by atoms with Crippen molar-refractivity contribution < 1.29 is 5.11 Å². The van der Waals surface area contributed by atoms with Crippen molar-refractivity contribution in [2.45, 2.75) is 6.92 Å². The Morgan fingerprint density at radius 1 is 1.44 bits per heavy atom. The third-order valence-electron chi connectivity index (χ3n) is 1.22. The average molecular weight is 122 g/mol. The topological polar surface area (TPSA) is 44.0 Å². The maximum atomic E-state index is 8.82. The third kappa shape index (κ3) is 1.13. The van der Waals surface area contributed by atoms with E-state index < -0.39 is 0 Å². The van der Waals surface area contributed by atoms with Crippen LogP contribution in [0.25, 0.3) is 0 Å². The van der Waals surface area contributed by atoms with Crippen LogP contribution in [-0.2, 0) is 0 Å². The van der Waals surface area contributed by atoms with Gasteiger partial charge in [-0.15, -0.1) is 0 Å². The molecule has 2 nitrogen and oxygen atoms in total. The number of nitrogens with one attached hydrogen (secondary N) is 1. The highest BCUT2D eigenvalue weighted by Gasteiger charge is 1.92. The minimum atomic E-state index is 0.158. The number of benzene rings is 1. The summed E-state index contributed by atoms with van der Waals surface area (Å²) in [7, 11) is 0. The van der Waals surface area contributed by atoms with Crippen molar-refractivity contribution in [2.75, 3.05) is 0 Å². The molecule has 9 heavy (non-hydrogen) atoms. The molecule has 0 fully saturated rings. The van der Waals surface area contributed by atoms with Crippen molar-refractivity contribution >= 4 is 5.69 Å². The summed E-state index contributed by atoms with van der Waals surface area (Å²) in [5.41, 5.74) is 8.47. The zero-order chi connectivity index (χ0) is 6.85. The van der Waals surface area contributed by atoms with E-state index in [9.17, 15) is 0 Å². The van der Waals surface area contributed by atoms with Crippen molar-refractivity contribution in [3.8, 4) is 5.75 Å². The van der Waals surface area contributed by atoms with Crippen molar-refractivity contribution in [1.29, 1.82) is 0 Å². The van der Waals surface area contributed by atoms with Gasteiger partial charge in [0.25, 0.3) is 0 Å². The molecule has 1 aromatic rings. The van der Waals surface area contributed by atoms with Crippen LogP contribution < -0.4 is 5.73 Å². The van der Waals surface area contributed by atoms with Gasteiger partial charge in [0.05, 0.1) is 5.69 Å². The first-order chi connectivity index (χ1) is 4.20. The molecular formula is C7H8NO. The van der Waals surface area contributed by atoms with E-state index in [4.69, 9.17) is 10.8 Å². The average Bonchev–Trinajstić information content (AvgIpc) is 1.80. The second-order valence-corrected chi connectivity index (χ2v) is 2.00. The molecule has 1 radical (unpaired) electrons. The van der Waals surface area contributed by atoms with Crippen LogP contribution in [-0.4, -0.2) is 5.11 Å². The molecule has 0 atom stereocenters. The fraction of sp³-hybridized carbons (Fsp3) is 0.143. The SMILES string of the molecule is Cc1ccc(O)cc1[NH]. The van der Waals surface area contributed by atoms with Gasteiger partial charge in [0, 0.05) is 6.07 Å². The van der Waals surface area contributed by atoms with Crippen LogP contribution in [0.3, 0.4) is 0 Å². The first kappa shape index (κ1) is 5.95. The zero-order valence-electron chi connectivity index (χ0n) is 5.18. The van der Waals surface area contributed by atoms with Crippen LogP contribution in [0.4, 0.5) is 5.69 Å². The molecule has 0 aliphatic heterocycles. The predicted octanol–water partition coefficient (Wildman–Crippen LogP) is 1.62. The molecule has 0 amide bonds. The number of aryl methyl sites for hydroxylation is 1. The predicted molar refractivity (Wildman–Crippen MR) is 35.6 cm³/mol. The van der Waals surface area contributed by atoms with Crippen LogP contribution in [0, 0.1) is 6.92 Å². The van der Waals surface area contributed by atoms with Crippen LogP contribution in [0.5, 0.6) is 5.75 Å². The van der Waals surface area contributed by atoms with E-state index >= 15 is 0 Å². The van der Waals surface area contributed by atoms with Crippen molar-refractivity contribution in [1.82, 2.24) is 5.73 Å². The van der Waals surface area contributed by atoms with E-state index in [-0.39, 0.29) is 5.75 Å². The van der Waals surface area contributed by atoms with Crippen LogP contribution >= 0.6 is 0 Å². The van der Waals surface area contributed by atoms with Gasteiger partial charge >= 0.3 is 0 Å². The molecule has 1 rings (SSSR count). The number of rotatable bonds is 0. The van der Waals surface area contributed by atoms with Gasteiger partial charge in [-0.25, -0.2) is 0 Å². The Bertz CT molecular complexity index is 220. The van der Waals surface area contributed by atoms with E-state index in [1.807, 2.05) is 6.92 Å². The largest absolute Gasteiger partial charge is 0.508 e. The lowest BCUT2D eigenvalue weighted by Crippen LogP contribution is -1.75. The summed E-state index contributed by atoms with van der Waals surface area (Å²) in [5, 5.41) is 8.82. The Kier molecular flexibility index (Phi) is 1.30. The smallest absolute Gasteiger partial charge is 0.117 e. The minimum Gasteiger partial charge on any atom is -0.508 e. The molecule has 0 saturated carbocycles. The molecule has 0 spiro atoms. The highest BCUT2D eigenvalue weighted by molar-refractivity contribution is 5.47. The summed E-state index contributed by atoms with van der Waals surface area (Å²) >= 11 is 0. The Morgan fingerprint density at radius 3 is 2.56 bits per heavy atom. The van der Waals surface area contributed by atoms with E-state index in [1.54, 1.807) is 12.1 Å². The lowest BCUT2D eigenvalue weighted by molar-refractivity contribution is 0.475. The summed E-state index contributed by atoms with van der Waals surface area (Å²) in [6, 6.07) is 4.72. The molecule has 0 aliphatic carbocycles. The van der Waals surface area contributed by atoms with E-state index in [0.29, 0.717) is 5.69 Å². The van der Waals surface area contributed by atoms with E-state index in [1.165, 1.54) is 6.07 Å². The Hall–Kier alpha value is -1.18. The summed E-state index contributed by atoms with van der Waals surface area (Å²) in [6.07, 6.45) is 0. The lowest BCUT2D eigenvalue weighted by atomic mass is 10.2. The summed E-state index contributed by atoms with van der Waals surface area (Å²) < 4.78 is 0. The molecule has 0 aliphatic rings. The normalized spacial score (nSPS) is 9.44. The van der Waals surface area contributed by atoms with Crippen molar-refractivity contribution in [3.63, 3.8) is 0 Å². The van der Waals surface area contributed by atoms with E-state index in [0.717, 1.165) is 5.56 Å². The molecule has 0 aromatic heterocycles. The van der Waals surface area contributed by atoms with Crippen LogP contribution in [0.15, 0.2) is 18.2 Å². The van der Waals surface area contributed by atoms with Crippen molar-refractivity contribution in [3.05, 3.63) is 23.8 Å². The van der Waals surface area contributed by atoms with Gasteiger partial charge in [0.1, 0.15) is 5.75 Å². The summed E-state index contributed by atoms with van der Waals surface area (Å²) in [5.74, 6) is 0.158. The Morgan fingerprint density at radius 2 is 2.11 bits per heavy atom. The quantitative estimate of drug-likeness (QED) is 0.558. The highest BCUT2D eigenvalue weighted by atomic mass is 16.3. The fourth-order valence-electron chi connectivity index (χ4n) is 0.610. The maximum Gasteiger partial charge on any atom is 0.117 e. The van der Waals surface area contributed by atoms with Gasteiger partial charge in [-0.2, -0.15) is 0 Å². The molecular weight excluding hydrogens is 114 g/mol. The molecule has 0 bridgehead atoms. The first-order valence-corrected chi connectivity index (χ1v) is 2.71. The standard InChI is InChI=1S/C7H8NO/c1-5-2-3-6(9)4-7(5)8/h2-4,8-9H,1H3. The lowest BCUT2D eigenvalue weighted by Gasteiger charge is -1.96. The molecule has 2 N–H and O–H groups in total. The summed E-state index contributed by atoms with van der Waals surface area (Å²) in [6.45, 7) is 1.84. The molecule has 1 aromatic carbocycles. The number of hydrogen-bond donors (Lipinski definition) is 1. The van der Waals surface area contributed by atoms with Crippen molar-refractivity contribution in [2.24, 2.45) is 0 Å². The number of phenols is 1. The highest BCUT2D eigenvalue weighted by Crippen LogP contribution is 2.17. The van der Waals surface area contributed by atoms with Gasteiger partial charge in [-0.3, -0.25) is 0 Å². The van der Waals surface area contributed by atoms with Gasteiger partial charge in [-0.1, -0.05) is 6.07 Å². The third-order valence-corrected chi connectivity index (χ3v) is 1.22. The van der Waals surface area contributed by atoms with Gasteiger partial charge in [0.15, 0.2) is 0 Å². The molecule has 0 heterocycles. The molecule has 0 saturated heterocycles. The zero-order valence-corrected chi connectivity index (χ0v) is 5.18. The number of hydrogen-bond acceptors (Lipinski definition) is 1. The molecule has 2 heteroatoms. The van der Waals surface area contributed by atoms with Gasteiger partial charge in [0.2, 0.25) is 0 Å². The number of aromatic hydroxyl groups is 1. The first-order valence-electron chi connectivity index (χ1n) is 2.71. The molecule has 0 unspecified atom stereocenters.